The van der Waals surface area contributed by atoms with Crippen molar-refractivity contribution in [3.63, 3.8) is 0 Å². The monoisotopic (exact) mass is 634 g/mol. The number of thiophene rings is 1. The van der Waals surface area contributed by atoms with Gasteiger partial charge in [-0.1, -0.05) is 97.1 Å². The summed E-state index contributed by atoms with van der Waals surface area (Å²) in [4.78, 5) is 2.82. The molecule has 3 heterocycles. The summed E-state index contributed by atoms with van der Waals surface area (Å²) in [6, 6.07) is 50.3. The van der Waals surface area contributed by atoms with E-state index in [4.69, 9.17) is 0 Å². The van der Waals surface area contributed by atoms with Gasteiger partial charge in [0.2, 0.25) is 0 Å². The molecule has 1 aliphatic carbocycles. The van der Waals surface area contributed by atoms with Gasteiger partial charge in [0.25, 0.3) is 0 Å². The first-order valence-electron chi connectivity index (χ1n) is 15.9. The van der Waals surface area contributed by atoms with Gasteiger partial charge in [-0.15, -0.1) is 23.1 Å². The lowest BCUT2D eigenvalue weighted by Crippen LogP contribution is -2.12. The average molecular weight is 635 g/mol. The second-order valence-electron chi connectivity index (χ2n) is 12.3. The standard InChI is InChI=1S/C43H26N2S2/c44-25-26-14-17-30(38(22-26)45-36-12-6-4-10-31(36)32-11-5-7-13-37(32)45)29-16-20-40-35(24-29)42-41(46-40)21-18-33-34-23-28(27-8-2-1-3-9-27)15-19-39(34)47-43(33)42/h1-24,41-42H. The molecular weight excluding hydrogens is 609 g/mol. The van der Waals surface area contributed by atoms with Gasteiger partial charge in [-0.2, -0.15) is 5.26 Å². The van der Waals surface area contributed by atoms with Crippen molar-refractivity contribution < 1.29 is 0 Å². The molecule has 0 N–H and O–H groups in total. The third-order valence-corrected chi connectivity index (χ3v) is 12.4. The Balaban J connectivity index is 1.14. The number of fused-ring (bicyclic) bond motifs is 10. The van der Waals surface area contributed by atoms with E-state index in [-0.39, 0.29) is 0 Å². The average Bonchev–Trinajstić information content (AvgIpc) is 3.80. The third-order valence-electron chi connectivity index (χ3n) is 9.79. The van der Waals surface area contributed by atoms with Gasteiger partial charge in [-0.25, -0.2) is 0 Å². The zero-order chi connectivity index (χ0) is 31.1. The van der Waals surface area contributed by atoms with E-state index in [2.05, 4.69) is 150 Å². The predicted molar refractivity (Wildman–Crippen MR) is 199 cm³/mol. The Morgan fingerprint density at radius 3 is 2.17 bits per heavy atom. The predicted octanol–water partition coefficient (Wildman–Crippen LogP) is 11.8. The second kappa shape index (κ2) is 10.3. The highest BCUT2D eigenvalue weighted by Gasteiger charge is 2.38. The van der Waals surface area contributed by atoms with E-state index < -0.39 is 0 Å². The van der Waals surface area contributed by atoms with Gasteiger partial charge in [0.15, 0.2) is 0 Å². The van der Waals surface area contributed by atoms with Gasteiger partial charge < -0.3 is 4.57 Å². The maximum Gasteiger partial charge on any atom is 0.0992 e. The summed E-state index contributed by atoms with van der Waals surface area (Å²) in [6.45, 7) is 0. The third kappa shape index (κ3) is 4.04. The Morgan fingerprint density at radius 1 is 0.638 bits per heavy atom. The smallest absolute Gasteiger partial charge is 0.0992 e. The Kier molecular flexibility index (Phi) is 5.90. The van der Waals surface area contributed by atoms with Crippen LogP contribution in [0, 0.1) is 11.3 Å². The molecule has 0 saturated carbocycles. The zero-order valence-electron chi connectivity index (χ0n) is 25.2. The van der Waals surface area contributed by atoms with Gasteiger partial charge in [-0.05, 0) is 76.3 Å². The van der Waals surface area contributed by atoms with Crippen molar-refractivity contribution >= 4 is 61.1 Å². The number of aromatic nitrogens is 1. The largest absolute Gasteiger partial charge is 0.309 e. The molecule has 4 heteroatoms. The summed E-state index contributed by atoms with van der Waals surface area (Å²) in [5.74, 6) is 0.308. The molecule has 6 aromatic carbocycles. The fourth-order valence-corrected chi connectivity index (χ4v) is 10.4. The van der Waals surface area contributed by atoms with E-state index in [1.807, 2.05) is 29.2 Å². The van der Waals surface area contributed by atoms with E-state index in [0.29, 0.717) is 16.7 Å². The Hall–Kier alpha value is -5.34. The molecule has 2 aromatic heterocycles. The normalized spacial score (nSPS) is 16.3. The summed E-state index contributed by atoms with van der Waals surface area (Å²) in [5.41, 5.74) is 11.6. The van der Waals surface area contributed by atoms with Crippen molar-refractivity contribution in [1.29, 1.82) is 5.26 Å². The molecule has 1 aliphatic heterocycles. The summed E-state index contributed by atoms with van der Waals surface area (Å²) in [5, 5.41) is 14.1. The lowest BCUT2D eigenvalue weighted by atomic mass is 9.85. The number of rotatable bonds is 3. The fraction of sp³-hybridized carbons (Fsp3) is 0.0465. The van der Waals surface area contributed by atoms with Crippen LogP contribution in [0.15, 0.2) is 144 Å². The zero-order valence-corrected chi connectivity index (χ0v) is 26.9. The van der Waals surface area contributed by atoms with Crippen molar-refractivity contribution in [2.45, 2.75) is 16.1 Å². The van der Waals surface area contributed by atoms with E-state index >= 15 is 0 Å². The van der Waals surface area contributed by atoms with Crippen LogP contribution in [0.3, 0.4) is 0 Å². The highest BCUT2D eigenvalue weighted by Crippen LogP contribution is 2.56. The van der Waals surface area contributed by atoms with E-state index in [1.54, 1.807) is 0 Å². The summed E-state index contributed by atoms with van der Waals surface area (Å²) >= 11 is 3.93. The lowest BCUT2D eigenvalue weighted by Gasteiger charge is -2.21. The molecule has 0 amide bonds. The van der Waals surface area contributed by atoms with Crippen molar-refractivity contribution in [1.82, 2.24) is 4.57 Å². The summed E-state index contributed by atoms with van der Waals surface area (Å²) in [7, 11) is 0. The van der Waals surface area contributed by atoms with E-state index in [9.17, 15) is 5.26 Å². The van der Waals surface area contributed by atoms with Gasteiger partial charge >= 0.3 is 0 Å². The van der Waals surface area contributed by atoms with Crippen LogP contribution in [0.1, 0.15) is 27.5 Å². The van der Waals surface area contributed by atoms with Crippen molar-refractivity contribution in [3.8, 4) is 34.0 Å². The molecule has 8 aromatic rings. The highest BCUT2D eigenvalue weighted by molar-refractivity contribution is 8.00. The molecule has 2 unspecified atom stereocenters. The molecule has 0 bridgehead atoms. The van der Waals surface area contributed by atoms with Gasteiger partial charge in [0.1, 0.15) is 0 Å². The molecule has 0 radical (unpaired) electrons. The first kappa shape index (κ1) is 26.8. The Labute approximate surface area is 280 Å². The molecule has 10 rings (SSSR count). The lowest BCUT2D eigenvalue weighted by molar-refractivity contribution is 0.866. The maximum absolute atomic E-state index is 9.97. The topological polar surface area (TPSA) is 28.7 Å². The fourth-order valence-electron chi connectivity index (χ4n) is 7.65. The molecular formula is C43H26N2S2. The SMILES string of the molecule is N#Cc1ccc(-c2ccc3c(c2)C2c4sc5ccc(-c6ccccc6)cc5c4C=CC2S3)c(-n2c3ccccc3c3ccccc32)c1. The van der Waals surface area contributed by atoms with Crippen LogP contribution in [0.25, 0.3) is 65.9 Å². The molecule has 2 aliphatic rings. The summed E-state index contributed by atoms with van der Waals surface area (Å²) in [6.07, 6.45) is 4.79. The van der Waals surface area contributed by atoms with E-state index in [0.717, 1.165) is 22.3 Å². The number of para-hydroxylation sites is 2. The maximum atomic E-state index is 9.97. The molecule has 2 nitrogen and oxygen atoms in total. The minimum absolute atomic E-state index is 0.308. The minimum atomic E-state index is 0.308. The van der Waals surface area contributed by atoms with Gasteiger partial charge in [0.05, 0.1) is 28.4 Å². The molecule has 0 fully saturated rings. The number of nitrogens with zero attached hydrogens (tertiary/aromatic N) is 2. The first-order valence-corrected chi connectivity index (χ1v) is 17.6. The molecule has 0 spiro atoms. The van der Waals surface area contributed by atoms with Gasteiger partial charge in [-0.3, -0.25) is 0 Å². The first-order chi connectivity index (χ1) is 23.2. The number of hydrogen-bond acceptors (Lipinski definition) is 3. The van der Waals surface area contributed by atoms with Crippen LogP contribution in [-0.4, -0.2) is 9.82 Å². The molecule has 2 atom stereocenters. The van der Waals surface area contributed by atoms with Gasteiger partial charge in [0, 0.05) is 47.4 Å². The van der Waals surface area contributed by atoms with Crippen molar-refractivity contribution in [3.05, 3.63) is 161 Å². The minimum Gasteiger partial charge on any atom is -0.309 e. The van der Waals surface area contributed by atoms with Crippen LogP contribution < -0.4 is 0 Å². The van der Waals surface area contributed by atoms with Crippen molar-refractivity contribution in [2.24, 2.45) is 0 Å². The summed E-state index contributed by atoms with van der Waals surface area (Å²) < 4.78 is 3.68. The molecule has 0 saturated heterocycles. The number of hydrogen-bond donors (Lipinski definition) is 0. The van der Waals surface area contributed by atoms with E-state index in [1.165, 1.54) is 58.4 Å². The van der Waals surface area contributed by atoms with Crippen LogP contribution in [0.4, 0.5) is 0 Å². The molecule has 220 valence electrons. The highest BCUT2D eigenvalue weighted by atomic mass is 32.2. The number of thioether (sulfide) groups is 1. The Morgan fingerprint density at radius 2 is 1.38 bits per heavy atom. The Bertz CT molecular complexity index is 2580. The molecule has 47 heavy (non-hydrogen) atoms. The van der Waals surface area contributed by atoms with Crippen LogP contribution in [0.2, 0.25) is 0 Å². The van der Waals surface area contributed by atoms with Crippen LogP contribution in [-0.2, 0) is 0 Å². The van der Waals surface area contributed by atoms with Crippen molar-refractivity contribution in [2.75, 3.05) is 0 Å². The second-order valence-corrected chi connectivity index (χ2v) is 14.6. The number of nitriles is 1. The number of benzene rings is 6. The van der Waals surface area contributed by atoms with Crippen LogP contribution in [0.5, 0.6) is 0 Å². The quantitative estimate of drug-likeness (QED) is 0.193. The van der Waals surface area contributed by atoms with Crippen LogP contribution >= 0.6 is 23.1 Å².